The van der Waals surface area contributed by atoms with E-state index in [-0.39, 0.29) is 28.6 Å². The molecule has 4 atom stereocenters. The quantitative estimate of drug-likeness (QED) is 0.164. The normalized spacial score (nSPS) is 27.4. The van der Waals surface area contributed by atoms with Crippen molar-refractivity contribution >= 4 is 89.4 Å². The van der Waals surface area contributed by atoms with Crippen molar-refractivity contribution in [2.45, 2.75) is 140 Å². The molecule has 0 spiro atoms. The summed E-state index contributed by atoms with van der Waals surface area (Å²) in [7, 11) is -3.21. The number of benzene rings is 5. The van der Waals surface area contributed by atoms with Gasteiger partial charge >= 0.3 is 0 Å². The van der Waals surface area contributed by atoms with Crippen LogP contribution in [-0.2, 0) is 10.8 Å². The number of anilines is 7. The van der Waals surface area contributed by atoms with E-state index in [0.717, 1.165) is 0 Å². The Bertz CT molecular complexity index is 2400. The highest BCUT2D eigenvalue weighted by molar-refractivity contribution is 7.00. The molecule has 2 fully saturated rings. The maximum absolute atomic E-state index is 2.93. The van der Waals surface area contributed by atoms with Crippen molar-refractivity contribution in [3.05, 3.63) is 108 Å². The number of fused-ring (bicyclic) bond motifs is 10. The predicted molar refractivity (Wildman–Crippen MR) is 257 cm³/mol. The zero-order valence-corrected chi connectivity index (χ0v) is 38.8. The molecule has 0 amide bonds. The van der Waals surface area contributed by atoms with Gasteiger partial charge in [0.05, 0.1) is 32.9 Å². The standard InChI is InChI=1S/C52H62BN3Si2/c1-49-27-11-13-29-51(49,3)55-44-33-37(54(35-19-15-21-38(31-35)57(5,6)7)36-20-16-22-39(32-36)58(8,9)10)34-45-46(44)53(42-25-17-23-40(49)47(42)55)43-26-18-24-41-48(43)56(45)52(4)30-14-12-28-50(41,52)2/h15-26,31-34H,11-14,27-30H2,1-10H3. The molecule has 5 aromatic rings. The minimum Gasteiger partial charge on any atom is -0.335 e. The van der Waals surface area contributed by atoms with Gasteiger partial charge in [-0.2, -0.15) is 0 Å². The highest BCUT2D eigenvalue weighted by Gasteiger charge is 2.64. The summed E-state index contributed by atoms with van der Waals surface area (Å²) in [5.74, 6) is 0. The molecule has 0 bridgehead atoms. The van der Waals surface area contributed by atoms with Crippen LogP contribution in [0.1, 0.15) is 90.2 Å². The maximum Gasteiger partial charge on any atom is 0.252 e. The van der Waals surface area contributed by atoms with E-state index >= 15 is 0 Å². The van der Waals surface area contributed by atoms with E-state index in [1.165, 1.54) is 118 Å². The second-order valence-electron chi connectivity index (χ2n) is 22.1. The molecule has 4 aliphatic heterocycles. The minimum atomic E-state index is -1.61. The lowest BCUT2D eigenvalue weighted by Gasteiger charge is -2.55. The first kappa shape index (κ1) is 37.0. The summed E-state index contributed by atoms with van der Waals surface area (Å²) in [6, 6.07) is 39.4. The summed E-state index contributed by atoms with van der Waals surface area (Å²) in [5.41, 5.74) is 17.6. The third-order valence-corrected chi connectivity index (χ3v) is 21.1. The van der Waals surface area contributed by atoms with E-state index in [4.69, 9.17) is 0 Å². The number of hydrogen-bond acceptors (Lipinski definition) is 3. The first-order valence-electron chi connectivity index (χ1n) is 22.6. The first-order chi connectivity index (χ1) is 27.5. The van der Waals surface area contributed by atoms with Gasteiger partial charge in [-0.25, -0.2) is 0 Å². The lowest BCUT2D eigenvalue weighted by atomic mass is 9.33. The molecule has 0 aromatic heterocycles. The van der Waals surface area contributed by atoms with E-state index in [9.17, 15) is 0 Å². The Morgan fingerprint density at radius 2 is 0.914 bits per heavy atom. The molecule has 2 saturated carbocycles. The van der Waals surface area contributed by atoms with Crippen molar-refractivity contribution in [3.63, 3.8) is 0 Å². The maximum atomic E-state index is 2.93. The summed E-state index contributed by atoms with van der Waals surface area (Å²) in [6.45, 7) is 25.6. The average molecular weight is 796 g/mol. The fourth-order valence-corrected chi connectivity index (χ4v) is 15.7. The molecule has 11 rings (SSSR count). The molecule has 0 N–H and O–H groups in total. The predicted octanol–water partition coefficient (Wildman–Crippen LogP) is 10.9. The highest BCUT2D eigenvalue weighted by atomic mass is 28.3. The lowest BCUT2D eigenvalue weighted by Crippen LogP contribution is -2.66. The van der Waals surface area contributed by atoms with Crippen molar-refractivity contribution in [1.82, 2.24) is 0 Å². The fourth-order valence-electron chi connectivity index (χ4n) is 13.3. The molecule has 2 aliphatic carbocycles. The molecule has 4 heterocycles. The summed E-state index contributed by atoms with van der Waals surface area (Å²) in [5, 5.41) is 3.01. The van der Waals surface area contributed by atoms with Crippen LogP contribution in [0.5, 0.6) is 0 Å². The van der Waals surface area contributed by atoms with Gasteiger partial charge in [0.2, 0.25) is 0 Å². The molecule has 0 saturated heterocycles. The Hall–Kier alpha value is -4.00. The smallest absolute Gasteiger partial charge is 0.252 e. The monoisotopic (exact) mass is 795 g/mol. The number of hydrogen-bond donors (Lipinski definition) is 0. The van der Waals surface area contributed by atoms with E-state index < -0.39 is 16.1 Å². The number of para-hydroxylation sites is 2. The van der Waals surface area contributed by atoms with Gasteiger partial charge in [-0.05, 0) is 103 Å². The Labute approximate surface area is 351 Å². The average Bonchev–Trinajstić information content (AvgIpc) is 3.54. The van der Waals surface area contributed by atoms with Crippen LogP contribution in [-0.4, -0.2) is 33.9 Å². The van der Waals surface area contributed by atoms with Crippen molar-refractivity contribution in [3.8, 4) is 0 Å². The van der Waals surface area contributed by atoms with Gasteiger partial charge in [-0.15, -0.1) is 0 Å². The van der Waals surface area contributed by atoms with Crippen LogP contribution in [0.4, 0.5) is 39.8 Å². The van der Waals surface area contributed by atoms with Crippen molar-refractivity contribution in [1.29, 1.82) is 0 Å². The third-order valence-electron chi connectivity index (χ3n) is 17.0. The second-order valence-corrected chi connectivity index (χ2v) is 32.2. The molecule has 58 heavy (non-hydrogen) atoms. The van der Waals surface area contributed by atoms with Gasteiger partial charge in [0.25, 0.3) is 6.71 Å². The zero-order valence-electron chi connectivity index (χ0n) is 36.8. The Morgan fingerprint density at radius 3 is 1.34 bits per heavy atom. The Balaban J connectivity index is 1.27. The molecule has 6 heteroatoms. The summed E-state index contributed by atoms with van der Waals surface area (Å²) < 4.78 is 0. The molecule has 0 radical (unpaired) electrons. The molecule has 4 unspecified atom stereocenters. The van der Waals surface area contributed by atoms with Gasteiger partial charge < -0.3 is 14.7 Å². The highest BCUT2D eigenvalue weighted by Crippen LogP contribution is 2.65. The van der Waals surface area contributed by atoms with Crippen LogP contribution in [0.3, 0.4) is 0 Å². The van der Waals surface area contributed by atoms with Crippen molar-refractivity contribution in [2.75, 3.05) is 14.7 Å². The molecule has 5 aromatic carbocycles. The second kappa shape index (κ2) is 11.8. The number of nitrogens with zero attached hydrogens (tertiary/aromatic N) is 3. The third kappa shape index (κ3) is 4.57. The van der Waals surface area contributed by atoms with E-state index in [1.54, 1.807) is 11.1 Å². The van der Waals surface area contributed by atoms with Crippen LogP contribution in [0, 0.1) is 0 Å². The van der Waals surface area contributed by atoms with Crippen LogP contribution in [0.15, 0.2) is 97.1 Å². The Morgan fingerprint density at radius 1 is 0.500 bits per heavy atom. The van der Waals surface area contributed by atoms with E-state index in [1.807, 2.05) is 0 Å². The lowest BCUT2D eigenvalue weighted by molar-refractivity contribution is 0.194. The first-order valence-corrected chi connectivity index (χ1v) is 29.6. The van der Waals surface area contributed by atoms with E-state index in [0.29, 0.717) is 0 Å². The summed E-state index contributed by atoms with van der Waals surface area (Å²) >= 11 is 0. The largest absolute Gasteiger partial charge is 0.335 e. The molecule has 6 aliphatic rings. The van der Waals surface area contributed by atoms with Gasteiger partial charge in [-0.3, -0.25) is 0 Å². The van der Waals surface area contributed by atoms with Crippen molar-refractivity contribution in [2.24, 2.45) is 0 Å². The molecular formula is C52H62BN3Si2. The molecule has 296 valence electrons. The summed E-state index contributed by atoms with van der Waals surface area (Å²) in [6.07, 6.45) is 10.1. The topological polar surface area (TPSA) is 9.72 Å². The summed E-state index contributed by atoms with van der Waals surface area (Å²) in [4.78, 5) is 8.51. The van der Waals surface area contributed by atoms with Crippen LogP contribution in [0.2, 0.25) is 39.3 Å². The molecular weight excluding hydrogens is 734 g/mol. The van der Waals surface area contributed by atoms with Gasteiger partial charge in [-0.1, -0.05) is 150 Å². The Kier molecular flexibility index (Phi) is 7.56. The minimum absolute atomic E-state index is 0.0161. The SMILES string of the molecule is CC12CCCCC1(C)N1c3cc(N(c4cccc([Si](C)(C)C)c4)c4cccc([Si](C)(C)C)c4)cc4c3B(c3cccc2c31)c1cccc2c1N4C1(C)CCCCC21C. The van der Waals surface area contributed by atoms with Crippen LogP contribution >= 0.6 is 0 Å². The van der Waals surface area contributed by atoms with Gasteiger partial charge in [0.1, 0.15) is 0 Å². The zero-order chi connectivity index (χ0) is 40.4. The van der Waals surface area contributed by atoms with Gasteiger partial charge in [0.15, 0.2) is 0 Å². The van der Waals surface area contributed by atoms with Crippen molar-refractivity contribution < 1.29 is 0 Å². The van der Waals surface area contributed by atoms with Crippen LogP contribution in [0.25, 0.3) is 0 Å². The number of rotatable bonds is 5. The molecule has 3 nitrogen and oxygen atoms in total. The van der Waals surface area contributed by atoms with Gasteiger partial charge in [0, 0.05) is 45.0 Å². The van der Waals surface area contributed by atoms with E-state index in [2.05, 4.69) is 179 Å². The fraction of sp³-hybridized carbons (Fsp3) is 0.423. The van der Waals surface area contributed by atoms with Crippen LogP contribution < -0.4 is 41.5 Å².